The molecule has 2 rings (SSSR count). The molecule has 0 bridgehead atoms. The Morgan fingerprint density at radius 1 is 1.39 bits per heavy atom. The molecule has 5 nitrogen and oxygen atoms in total. The van der Waals surface area contributed by atoms with Crippen LogP contribution in [-0.2, 0) is 4.74 Å². The molecule has 0 amide bonds. The van der Waals surface area contributed by atoms with Gasteiger partial charge in [0, 0.05) is 6.20 Å². The zero-order chi connectivity index (χ0) is 13.0. The van der Waals surface area contributed by atoms with Gasteiger partial charge in [0.05, 0.1) is 23.9 Å². The minimum absolute atomic E-state index is 0.265. The average Bonchev–Trinajstić information content (AvgIpc) is 2.89. The summed E-state index contributed by atoms with van der Waals surface area (Å²) >= 11 is 0. The van der Waals surface area contributed by atoms with Gasteiger partial charge in [-0.3, -0.25) is 0 Å². The van der Waals surface area contributed by atoms with Crippen LogP contribution in [0.25, 0.3) is 5.69 Å². The Labute approximate surface area is 104 Å². The maximum atomic E-state index is 11.4. The van der Waals surface area contributed by atoms with Gasteiger partial charge in [0.1, 0.15) is 0 Å². The molecule has 0 atom stereocenters. The summed E-state index contributed by atoms with van der Waals surface area (Å²) in [5.74, 6) is -0.440. The quantitative estimate of drug-likeness (QED) is 0.770. The molecular formula is C13H11N3O2. The molecule has 0 radical (unpaired) electrons. The van der Waals surface area contributed by atoms with Crippen LogP contribution in [0.4, 0.5) is 0 Å². The highest BCUT2D eigenvalue weighted by Crippen LogP contribution is 2.09. The van der Waals surface area contributed by atoms with Gasteiger partial charge in [-0.05, 0) is 37.3 Å². The summed E-state index contributed by atoms with van der Waals surface area (Å²) in [7, 11) is 0. The van der Waals surface area contributed by atoms with Crippen molar-refractivity contribution in [1.82, 2.24) is 9.78 Å². The molecular weight excluding hydrogens is 230 g/mol. The van der Waals surface area contributed by atoms with E-state index in [1.54, 1.807) is 48.1 Å². The summed E-state index contributed by atoms with van der Waals surface area (Å²) in [6.45, 7) is 2.07. The van der Waals surface area contributed by atoms with Gasteiger partial charge in [-0.2, -0.15) is 10.4 Å². The number of benzene rings is 1. The summed E-state index contributed by atoms with van der Waals surface area (Å²) < 4.78 is 6.42. The third-order valence-corrected chi connectivity index (χ3v) is 2.33. The lowest BCUT2D eigenvalue weighted by molar-refractivity contribution is 0.0519. The van der Waals surface area contributed by atoms with Crippen LogP contribution in [0, 0.1) is 11.3 Å². The van der Waals surface area contributed by atoms with E-state index in [4.69, 9.17) is 10.00 Å². The second-order valence-electron chi connectivity index (χ2n) is 3.52. The van der Waals surface area contributed by atoms with Crippen molar-refractivity contribution >= 4 is 5.97 Å². The highest BCUT2D eigenvalue weighted by atomic mass is 16.5. The molecule has 0 N–H and O–H groups in total. The van der Waals surface area contributed by atoms with Crippen molar-refractivity contribution < 1.29 is 9.53 Å². The first-order valence-electron chi connectivity index (χ1n) is 5.48. The SMILES string of the molecule is CCOC(=O)c1ccn(-c2ccc(C#N)cc2)n1. The predicted octanol–water partition coefficient (Wildman–Crippen LogP) is 1.92. The number of hydrogen-bond donors (Lipinski definition) is 0. The third-order valence-electron chi connectivity index (χ3n) is 2.33. The maximum Gasteiger partial charge on any atom is 0.358 e. The van der Waals surface area contributed by atoms with Crippen LogP contribution in [0.2, 0.25) is 0 Å². The average molecular weight is 241 g/mol. The van der Waals surface area contributed by atoms with Gasteiger partial charge in [-0.1, -0.05) is 0 Å². The van der Waals surface area contributed by atoms with Gasteiger partial charge in [0.25, 0.3) is 0 Å². The highest BCUT2D eigenvalue weighted by Gasteiger charge is 2.10. The number of aromatic nitrogens is 2. The number of hydrogen-bond acceptors (Lipinski definition) is 4. The van der Waals surface area contributed by atoms with E-state index in [-0.39, 0.29) is 5.69 Å². The molecule has 2 aromatic rings. The van der Waals surface area contributed by atoms with Gasteiger partial charge >= 0.3 is 5.97 Å². The first kappa shape index (κ1) is 11.9. The molecule has 0 saturated heterocycles. The van der Waals surface area contributed by atoms with Crippen LogP contribution >= 0.6 is 0 Å². The fraction of sp³-hybridized carbons (Fsp3) is 0.154. The molecule has 90 valence electrons. The number of carbonyl (C=O) groups excluding carboxylic acids is 1. The van der Waals surface area contributed by atoms with Crippen LogP contribution in [0.15, 0.2) is 36.5 Å². The molecule has 1 aromatic heterocycles. The van der Waals surface area contributed by atoms with Crippen LogP contribution in [-0.4, -0.2) is 22.4 Å². The number of nitrogens with zero attached hydrogens (tertiary/aromatic N) is 3. The van der Waals surface area contributed by atoms with Crippen molar-refractivity contribution in [3.8, 4) is 11.8 Å². The number of carbonyl (C=O) groups is 1. The van der Waals surface area contributed by atoms with E-state index in [1.807, 2.05) is 6.07 Å². The summed E-state index contributed by atoms with van der Waals surface area (Å²) in [4.78, 5) is 11.4. The lowest BCUT2D eigenvalue weighted by Gasteiger charge is -2.01. The summed E-state index contributed by atoms with van der Waals surface area (Å²) in [5, 5.41) is 12.8. The van der Waals surface area contributed by atoms with E-state index in [9.17, 15) is 4.79 Å². The second-order valence-corrected chi connectivity index (χ2v) is 3.52. The molecule has 0 fully saturated rings. The third kappa shape index (κ3) is 2.38. The Morgan fingerprint density at radius 3 is 2.72 bits per heavy atom. The number of ether oxygens (including phenoxy) is 1. The van der Waals surface area contributed by atoms with Gasteiger partial charge in [-0.25, -0.2) is 9.48 Å². The number of esters is 1. The first-order chi connectivity index (χ1) is 8.74. The van der Waals surface area contributed by atoms with Crippen LogP contribution in [0.3, 0.4) is 0 Å². The molecule has 5 heteroatoms. The van der Waals surface area contributed by atoms with E-state index in [2.05, 4.69) is 5.10 Å². The van der Waals surface area contributed by atoms with E-state index in [0.717, 1.165) is 5.69 Å². The van der Waals surface area contributed by atoms with Crippen molar-refractivity contribution in [1.29, 1.82) is 5.26 Å². The second kappa shape index (κ2) is 5.15. The minimum Gasteiger partial charge on any atom is -0.461 e. The molecule has 0 aliphatic carbocycles. The fourth-order valence-electron chi connectivity index (χ4n) is 1.47. The van der Waals surface area contributed by atoms with Crippen molar-refractivity contribution in [2.75, 3.05) is 6.61 Å². The predicted molar refractivity (Wildman–Crippen MR) is 64.2 cm³/mol. The molecule has 0 unspecified atom stereocenters. The molecule has 18 heavy (non-hydrogen) atoms. The van der Waals surface area contributed by atoms with Gasteiger partial charge in [-0.15, -0.1) is 0 Å². The van der Waals surface area contributed by atoms with Crippen molar-refractivity contribution in [3.05, 3.63) is 47.8 Å². The minimum atomic E-state index is -0.440. The Bertz CT molecular complexity index is 593. The standard InChI is InChI=1S/C13H11N3O2/c1-2-18-13(17)12-7-8-16(15-12)11-5-3-10(9-14)4-6-11/h3-8H,2H2,1H3. The monoisotopic (exact) mass is 241 g/mol. The number of rotatable bonds is 3. The van der Waals surface area contributed by atoms with Crippen LogP contribution in [0.5, 0.6) is 0 Å². The molecule has 1 aromatic carbocycles. The Morgan fingerprint density at radius 2 is 2.11 bits per heavy atom. The summed E-state index contributed by atoms with van der Waals surface area (Å²) in [6, 6.07) is 10.6. The Balaban J connectivity index is 2.24. The summed E-state index contributed by atoms with van der Waals surface area (Å²) in [5.41, 5.74) is 1.63. The largest absolute Gasteiger partial charge is 0.461 e. The van der Waals surface area contributed by atoms with E-state index < -0.39 is 5.97 Å². The van der Waals surface area contributed by atoms with Gasteiger partial charge in [0.15, 0.2) is 5.69 Å². The molecule has 0 aliphatic heterocycles. The van der Waals surface area contributed by atoms with E-state index in [0.29, 0.717) is 12.2 Å². The van der Waals surface area contributed by atoms with Crippen LogP contribution < -0.4 is 0 Å². The topological polar surface area (TPSA) is 67.9 Å². The normalized spacial score (nSPS) is 9.78. The zero-order valence-corrected chi connectivity index (χ0v) is 9.83. The highest BCUT2D eigenvalue weighted by molar-refractivity contribution is 5.87. The van der Waals surface area contributed by atoms with E-state index in [1.165, 1.54) is 0 Å². The zero-order valence-electron chi connectivity index (χ0n) is 9.83. The van der Waals surface area contributed by atoms with Crippen LogP contribution in [0.1, 0.15) is 23.0 Å². The van der Waals surface area contributed by atoms with Crippen molar-refractivity contribution in [2.24, 2.45) is 0 Å². The van der Waals surface area contributed by atoms with Crippen molar-refractivity contribution in [3.63, 3.8) is 0 Å². The number of nitriles is 1. The molecule has 0 spiro atoms. The Hall–Kier alpha value is -2.61. The maximum absolute atomic E-state index is 11.4. The molecule has 0 aliphatic rings. The smallest absolute Gasteiger partial charge is 0.358 e. The summed E-state index contributed by atoms with van der Waals surface area (Å²) in [6.07, 6.45) is 1.67. The van der Waals surface area contributed by atoms with Gasteiger partial charge < -0.3 is 4.74 Å². The molecule has 0 saturated carbocycles. The van der Waals surface area contributed by atoms with Crippen molar-refractivity contribution in [2.45, 2.75) is 6.92 Å². The fourth-order valence-corrected chi connectivity index (χ4v) is 1.47. The first-order valence-corrected chi connectivity index (χ1v) is 5.48. The lowest BCUT2D eigenvalue weighted by Crippen LogP contribution is -2.06. The molecule has 1 heterocycles. The Kier molecular flexibility index (Phi) is 3.39. The van der Waals surface area contributed by atoms with Gasteiger partial charge in [0.2, 0.25) is 0 Å². The lowest BCUT2D eigenvalue weighted by atomic mass is 10.2. The van der Waals surface area contributed by atoms with E-state index >= 15 is 0 Å².